The van der Waals surface area contributed by atoms with Gasteiger partial charge in [0.25, 0.3) is 0 Å². The highest BCUT2D eigenvalue weighted by Crippen LogP contribution is 2.24. The molecule has 0 fully saturated rings. The van der Waals surface area contributed by atoms with Crippen LogP contribution in [0, 0.1) is 5.82 Å². The second kappa shape index (κ2) is 6.57. The van der Waals surface area contributed by atoms with E-state index in [-0.39, 0.29) is 22.8 Å². The van der Waals surface area contributed by atoms with E-state index in [0.29, 0.717) is 0 Å². The van der Waals surface area contributed by atoms with E-state index in [1.807, 2.05) is 0 Å². The molecule has 0 aliphatic heterocycles. The minimum absolute atomic E-state index is 0.0238. The van der Waals surface area contributed by atoms with Crippen LogP contribution in [0.25, 0.3) is 0 Å². The highest BCUT2D eigenvalue weighted by molar-refractivity contribution is 7.87. The maximum absolute atomic E-state index is 13.2. The van der Waals surface area contributed by atoms with Crippen molar-refractivity contribution in [3.8, 4) is 5.75 Å². The number of benzene rings is 2. The predicted octanol–water partition coefficient (Wildman–Crippen LogP) is 2.77. The summed E-state index contributed by atoms with van der Waals surface area (Å²) in [5, 5.41) is 0. The van der Waals surface area contributed by atoms with Gasteiger partial charge in [0, 0.05) is 0 Å². The van der Waals surface area contributed by atoms with Crippen molar-refractivity contribution in [1.82, 2.24) is 0 Å². The number of carbonyl (C=O) groups is 1. The molecule has 0 saturated heterocycles. The molecule has 0 heterocycles. The maximum Gasteiger partial charge on any atom is 0.341 e. The summed E-state index contributed by atoms with van der Waals surface area (Å²) in [6.07, 6.45) is 0. The Balaban J connectivity index is 2.36. The average Bonchev–Trinajstić information content (AvgIpc) is 2.47. The molecule has 22 heavy (non-hydrogen) atoms. The molecule has 0 amide bonds. The first kappa shape index (κ1) is 16.0. The minimum atomic E-state index is -4.25. The molecule has 2 aromatic carbocycles. The molecule has 0 bridgehead atoms. The van der Waals surface area contributed by atoms with Crippen LogP contribution in [-0.4, -0.2) is 21.0 Å². The van der Waals surface area contributed by atoms with Crippen LogP contribution in [0.15, 0.2) is 53.4 Å². The normalized spacial score (nSPS) is 11.0. The van der Waals surface area contributed by atoms with Gasteiger partial charge < -0.3 is 8.92 Å². The van der Waals surface area contributed by atoms with Crippen molar-refractivity contribution in [3.05, 3.63) is 59.9 Å². The zero-order chi connectivity index (χ0) is 16.2. The van der Waals surface area contributed by atoms with Crippen molar-refractivity contribution in [1.29, 1.82) is 0 Å². The molecule has 2 aromatic rings. The van der Waals surface area contributed by atoms with Gasteiger partial charge >= 0.3 is 16.1 Å². The first-order valence-corrected chi connectivity index (χ1v) is 7.81. The van der Waals surface area contributed by atoms with E-state index in [9.17, 15) is 17.6 Å². The number of ether oxygens (including phenoxy) is 1. The van der Waals surface area contributed by atoms with Crippen LogP contribution in [0.2, 0.25) is 0 Å². The number of carbonyl (C=O) groups excluding carboxylic acids is 1. The molecule has 0 atom stereocenters. The lowest BCUT2D eigenvalue weighted by Gasteiger charge is -2.10. The molecule has 0 aliphatic carbocycles. The molecule has 0 unspecified atom stereocenters. The fourth-order valence-corrected chi connectivity index (χ4v) is 2.69. The van der Waals surface area contributed by atoms with Crippen LogP contribution in [0.5, 0.6) is 5.75 Å². The number of esters is 1. The Labute approximate surface area is 127 Å². The molecule has 0 saturated carbocycles. The first-order valence-electron chi connectivity index (χ1n) is 6.40. The summed E-state index contributed by atoms with van der Waals surface area (Å²) in [4.78, 5) is 11.4. The highest BCUT2D eigenvalue weighted by Gasteiger charge is 2.21. The largest absolute Gasteiger partial charge is 0.462 e. The smallest absolute Gasteiger partial charge is 0.341 e. The third-order valence-electron chi connectivity index (χ3n) is 2.67. The fraction of sp³-hybridized carbons (Fsp3) is 0.133. The van der Waals surface area contributed by atoms with E-state index >= 15 is 0 Å². The standard InChI is InChI=1S/C15H13FO5S/c1-2-20-15(17)13-8-3-4-9-14(13)21-22(18,19)12-7-5-6-11(16)10-12/h3-10H,2H2,1H3. The molecular formula is C15H13FO5S. The van der Waals surface area contributed by atoms with Crippen molar-refractivity contribution in [2.24, 2.45) is 0 Å². The molecule has 0 radical (unpaired) electrons. The third-order valence-corrected chi connectivity index (χ3v) is 3.90. The van der Waals surface area contributed by atoms with Gasteiger partial charge in [-0.25, -0.2) is 9.18 Å². The topological polar surface area (TPSA) is 69.7 Å². The Kier molecular flexibility index (Phi) is 4.77. The van der Waals surface area contributed by atoms with E-state index in [2.05, 4.69) is 0 Å². The van der Waals surface area contributed by atoms with E-state index < -0.39 is 21.9 Å². The summed E-state index contributed by atoms with van der Waals surface area (Å²) in [6.45, 7) is 1.77. The molecule has 2 rings (SSSR count). The lowest BCUT2D eigenvalue weighted by molar-refractivity contribution is 0.0524. The summed E-state index contributed by atoms with van der Waals surface area (Å²) in [5.74, 6) is -1.58. The molecule has 7 heteroatoms. The molecule has 0 aliphatic rings. The number of hydrogen-bond acceptors (Lipinski definition) is 5. The van der Waals surface area contributed by atoms with Crippen LogP contribution in [0.4, 0.5) is 4.39 Å². The molecule has 5 nitrogen and oxygen atoms in total. The van der Waals surface area contributed by atoms with Crippen LogP contribution >= 0.6 is 0 Å². The third kappa shape index (κ3) is 3.62. The maximum atomic E-state index is 13.2. The van der Waals surface area contributed by atoms with Gasteiger partial charge in [-0.2, -0.15) is 8.42 Å². The highest BCUT2D eigenvalue weighted by atomic mass is 32.2. The molecule has 116 valence electrons. The van der Waals surface area contributed by atoms with Crippen LogP contribution in [0.1, 0.15) is 17.3 Å². The first-order chi connectivity index (χ1) is 10.4. The summed E-state index contributed by atoms with van der Waals surface area (Å²) in [7, 11) is -4.25. The summed E-state index contributed by atoms with van der Waals surface area (Å²) < 4.78 is 47.2. The van der Waals surface area contributed by atoms with Gasteiger partial charge in [0.15, 0.2) is 5.75 Å². The summed E-state index contributed by atoms with van der Waals surface area (Å²) in [6, 6.07) is 10.2. The number of halogens is 1. The van der Waals surface area contributed by atoms with E-state index in [1.165, 1.54) is 30.3 Å². The summed E-state index contributed by atoms with van der Waals surface area (Å²) >= 11 is 0. The lowest BCUT2D eigenvalue weighted by atomic mass is 10.2. The zero-order valence-electron chi connectivity index (χ0n) is 11.7. The quantitative estimate of drug-likeness (QED) is 0.625. The van der Waals surface area contributed by atoms with Crippen molar-refractivity contribution in [2.75, 3.05) is 6.61 Å². The van der Waals surface area contributed by atoms with E-state index in [0.717, 1.165) is 12.1 Å². The Morgan fingerprint density at radius 3 is 2.55 bits per heavy atom. The molecule has 0 spiro atoms. The van der Waals surface area contributed by atoms with Crippen molar-refractivity contribution >= 4 is 16.1 Å². The van der Waals surface area contributed by atoms with E-state index in [4.69, 9.17) is 8.92 Å². The monoisotopic (exact) mass is 324 g/mol. The molecule has 0 N–H and O–H groups in total. The van der Waals surface area contributed by atoms with Crippen molar-refractivity contribution in [3.63, 3.8) is 0 Å². The fourth-order valence-electron chi connectivity index (χ4n) is 1.71. The van der Waals surface area contributed by atoms with E-state index in [1.54, 1.807) is 13.0 Å². The Bertz CT molecular complexity index is 786. The van der Waals surface area contributed by atoms with Gasteiger partial charge in [0.05, 0.1) is 6.61 Å². The van der Waals surface area contributed by atoms with Gasteiger partial charge in [-0.05, 0) is 37.3 Å². The van der Waals surface area contributed by atoms with Crippen LogP contribution in [-0.2, 0) is 14.9 Å². The number of rotatable bonds is 5. The van der Waals surface area contributed by atoms with Gasteiger partial charge in [0.2, 0.25) is 0 Å². The second-order valence-electron chi connectivity index (χ2n) is 4.21. The Hall–Kier alpha value is -2.41. The van der Waals surface area contributed by atoms with Crippen LogP contribution < -0.4 is 4.18 Å². The predicted molar refractivity (Wildman–Crippen MR) is 76.6 cm³/mol. The van der Waals surface area contributed by atoms with Gasteiger partial charge in [-0.1, -0.05) is 18.2 Å². The van der Waals surface area contributed by atoms with Crippen LogP contribution in [0.3, 0.4) is 0 Å². The lowest BCUT2D eigenvalue weighted by Crippen LogP contribution is -2.13. The van der Waals surface area contributed by atoms with Gasteiger partial charge in [-0.15, -0.1) is 0 Å². The van der Waals surface area contributed by atoms with Crippen molar-refractivity contribution < 1.29 is 26.5 Å². The molecule has 0 aromatic heterocycles. The number of hydrogen-bond donors (Lipinski definition) is 0. The Morgan fingerprint density at radius 2 is 1.86 bits per heavy atom. The molecular weight excluding hydrogens is 311 g/mol. The Morgan fingerprint density at radius 1 is 1.14 bits per heavy atom. The average molecular weight is 324 g/mol. The summed E-state index contributed by atoms with van der Waals surface area (Å²) in [5.41, 5.74) is -0.0238. The van der Waals surface area contributed by atoms with Crippen molar-refractivity contribution in [2.45, 2.75) is 11.8 Å². The zero-order valence-corrected chi connectivity index (χ0v) is 12.5. The SMILES string of the molecule is CCOC(=O)c1ccccc1OS(=O)(=O)c1cccc(F)c1. The number of para-hydroxylation sites is 1. The van der Waals surface area contributed by atoms with Gasteiger partial charge in [-0.3, -0.25) is 0 Å². The second-order valence-corrected chi connectivity index (χ2v) is 5.76. The minimum Gasteiger partial charge on any atom is -0.462 e. The van der Waals surface area contributed by atoms with Gasteiger partial charge in [0.1, 0.15) is 16.3 Å².